The molecule has 2 atom stereocenters. The van der Waals surface area contributed by atoms with Crippen molar-refractivity contribution in [3.8, 4) is 0 Å². The Labute approximate surface area is 162 Å². The zero-order valence-electron chi connectivity index (χ0n) is 17.2. The van der Waals surface area contributed by atoms with Gasteiger partial charge in [0, 0.05) is 43.6 Å². The van der Waals surface area contributed by atoms with Gasteiger partial charge in [0.2, 0.25) is 5.91 Å². The third-order valence-electron chi connectivity index (χ3n) is 5.94. The van der Waals surface area contributed by atoms with E-state index >= 15 is 0 Å². The molecule has 3 N–H and O–H groups in total. The first-order chi connectivity index (χ1) is 12.7. The summed E-state index contributed by atoms with van der Waals surface area (Å²) in [6, 6.07) is 7.35. The highest BCUT2D eigenvalue weighted by Gasteiger charge is 2.62. The van der Waals surface area contributed by atoms with Gasteiger partial charge in [0.1, 0.15) is 5.54 Å². The molecule has 2 amide bonds. The molecule has 150 valence electrons. The van der Waals surface area contributed by atoms with E-state index in [2.05, 4.69) is 5.32 Å². The molecule has 1 aromatic carbocycles. The Bertz CT molecular complexity index is 668. The van der Waals surface area contributed by atoms with Gasteiger partial charge in [0.25, 0.3) is 5.91 Å². The highest BCUT2D eigenvalue weighted by Crippen LogP contribution is 2.49. The summed E-state index contributed by atoms with van der Waals surface area (Å²) >= 11 is 0. The maximum Gasteiger partial charge on any atom is 0.253 e. The average molecular weight is 376 g/mol. The molecule has 1 fully saturated rings. The van der Waals surface area contributed by atoms with Crippen LogP contribution in [0.15, 0.2) is 24.3 Å². The van der Waals surface area contributed by atoms with Crippen molar-refractivity contribution in [2.45, 2.75) is 59.2 Å². The van der Waals surface area contributed by atoms with Crippen LogP contribution in [0.5, 0.6) is 0 Å². The molecule has 6 nitrogen and oxygen atoms in total. The van der Waals surface area contributed by atoms with Crippen molar-refractivity contribution in [1.82, 2.24) is 10.2 Å². The van der Waals surface area contributed by atoms with Crippen molar-refractivity contribution in [3.05, 3.63) is 35.4 Å². The van der Waals surface area contributed by atoms with Crippen LogP contribution in [0, 0.1) is 5.41 Å². The van der Waals surface area contributed by atoms with Gasteiger partial charge in [-0.05, 0) is 38.5 Å². The maximum absolute atomic E-state index is 12.7. The third-order valence-corrected chi connectivity index (χ3v) is 5.94. The Kier molecular flexibility index (Phi) is 6.65. The summed E-state index contributed by atoms with van der Waals surface area (Å²) in [5.74, 6) is -0.138. The van der Waals surface area contributed by atoms with Gasteiger partial charge in [-0.15, -0.1) is 0 Å². The number of nitrogens with two attached hydrogens (primary N) is 1. The largest absolute Gasteiger partial charge is 0.378 e. The minimum atomic E-state index is -0.925. The van der Waals surface area contributed by atoms with Gasteiger partial charge >= 0.3 is 0 Å². The van der Waals surface area contributed by atoms with Crippen molar-refractivity contribution in [2.24, 2.45) is 11.1 Å². The van der Waals surface area contributed by atoms with Gasteiger partial charge in [-0.2, -0.15) is 0 Å². The second kappa shape index (κ2) is 8.40. The number of nitrogens with zero attached hydrogens (tertiary/aromatic N) is 1. The zero-order valence-corrected chi connectivity index (χ0v) is 17.2. The van der Waals surface area contributed by atoms with Crippen molar-refractivity contribution < 1.29 is 14.3 Å². The van der Waals surface area contributed by atoms with Crippen LogP contribution >= 0.6 is 0 Å². The molecule has 0 bridgehead atoms. The van der Waals surface area contributed by atoms with Crippen molar-refractivity contribution in [3.63, 3.8) is 0 Å². The topological polar surface area (TPSA) is 84.7 Å². The number of benzene rings is 1. The molecule has 0 spiro atoms. The number of amides is 2. The van der Waals surface area contributed by atoms with E-state index in [4.69, 9.17) is 10.5 Å². The normalized spacial score (nSPS) is 23.4. The van der Waals surface area contributed by atoms with Crippen LogP contribution in [0.3, 0.4) is 0 Å². The average Bonchev–Trinajstić information content (AvgIpc) is 2.67. The number of carbonyl (C=O) groups is 2. The molecule has 0 saturated heterocycles. The van der Waals surface area contributed by atoms with E-state index < -0.39 is 11.0 Å². The Morgan fingerprint density at radius 2 is 1.78 bits per heavy atom. The van der Waals surface area contributed by atoms with Crippen LogP contribution in [-0.4, -0.2) is 48.1 Å². The molecule has 0 heterocycles. The number of hydrogen-bond donors (Lipinski definition) is 2. The predicted molar refractivity (Wildman–Crippen MR) is 106 cm³/mol. The number of nitrogens with one attached hydrogen (secondary N) is 1. The number of hydrogen-bond acceptors (Lipinski definition) is 4. The SMILES string of the molecule is CCOC1CC(N)(C(=O)NCc2ccc(C(=O)N(CC)CC)cc2)C1(C)C. The fourth-order valence-electron chi connectivity index (χ4n) is 3.62. The molecule has 1 saturated carbocycles. The lowest BCUT2D eigenvalue weighted by molar-refractivity contribution is -0.170. The van der Waals surface area contributed by atoms with E-state index in [-0.39, 0.29) is 17.9 Å². The first-order valence-corrected chi connectivity index (χ1v) is 9.78. The summed E-state index contributed by atoms with van der Waals surface area (Å²) in [6.45, 7) is 12.2. The Hall–Kier alpha value is -1.92. The molecule has 27 heavy (non-hydrogen) atoms. The van der Waals surface area contributed by atoms with Gasteiger partial charge in [0.15, 0.2) is 0 Å². The second-order valence-electron chi connectivity index (χ2n) is 7.70. The van der Waals surface area contributed by atoms with E-state index in [1.54, 1.807) is 17.0 Å². The van der Waals surface area contributed by atoms with E-state index in [1.165, 1.54) is 0 Å². The van der Waals surface area contributed by atoms with E-state index in [1.807, 2.05) is 46.8 Å². The van der Waals surface area contributed by atoms with Crippen LogP contribution in [0.25, 0.3) is 0 Å². The first-order valence-electron chi connectivity index (χ1n) is 9.78. The summed E-state index contributed by atoms with van der Waals surface area (Å²) < 4.78 is 5.68. The molecule has 0 aromatic heterocycles. The quantitative estimate of drug-likeness (QED) is 0.730. The van der Waals surface area contributed by atoms with Crippen molar-refractivity contribution in [1.29, 1.82) is 0 Å². The first kappa shape index (κ1) is 21.4. The van der Waals surface area contributed by atoms with Gasteiger partial charge in [0.05, 0.1) is 6.10 Å². The smallest absolute Gasteiger partial charge is 0.253 e. The number of rotatable bonds is 8. The molecule has 1 aliphatic rings. The lowest BCUT2D eigenvalue weighted by atomic mass is 9.54. The van der Waals surface area contributed by atoms with E-state index in [0.29, 0.717) is 38.2 Å². The van der Waals surface area contributed by atoms with Crippen molar-refractivity contribution >= 4 is 11.8 Å². The highest BCUT2D eigenvalue weighted by atomic mass is 16.5. The fourth-order valence-corrected chi connectivity index (χ4v) is 3.62. The van der Waals surface area contributed by atoms with E-state index in [0.717, 1.165) is 5.56 Å². The molecule has 0 radical (unpaired) electrons. The Morgan fingerprint density at radius 3 is 2.26 bits per heavy atom. The maximum atomic E-state index is 12.7. The van der Waals surface area contributed by atoms with Gasteiger partial charge in [-0.25, -0.2) is 0 Å². The lowest BCUT2D eigenvalue weighted by Gasteiger charge is -2.57. The molecule has 2 unspecified atom stereocenters. The van der Waals surface area contributed by atoms with Crippen LogP contribution in [0.2, 0.25) is 0 Å². The molecule has 1 aromatic rings. The minimum absolute atomic E-state index is 0.00335. The zero-order chi connectivity index (χ0) is 20.2. The molecular formula is C21H33N3O3. The van der Waals surface area contributed by atoms with Gasteiger partial charge < -0.3 is 20.7 Å². The second-order valence-corrected chi connectivity index (χ2v) is 7.70. The minimum Gasteiger partial charge on any atom is -0.378 e. The molecule has 2 rings (SSSR count). The van der Waals surface area contributed by atoms with Crippen LogP contribution < -0.4 is 11.1 Å². The predicted octanol–water partition coefficient (Wildman–Crippen LogP) is 2.32. The fraction of sp³-hybridized carbons (Fsp3) is 0.619. The van der Waals surface area contributed by atoms with Crippen molar-refractivity contribution in [2.75, 3.05) is 19.7 Å². The van der Waals surface area contributed by atoms with Gasteiger partial charge in [-0.1, -0.05) is 26.0 Å². The molecule has 0 aliphatic heterocycles. The van der Waals surface area contributed by atoms with Gasteiger partial charge in [-0.3, -0.25) is 9.59 Å². The molecule has 1 aliphatic carbocycles. The lowest BCUT2D eigenvalue weighted by Crippen LogP contribution is -2.75. The van der Waals surface area contributed by atoms with E-state index in [9.17, 15) is 9.59 Å². The van der Waals surface area contributed by atoms with Crippen LogP contribution in [-0.2, 0) is 16.1 Å². The summed E-state index contributed by atoms with van der Waals surface area (Å²) in [6.07, 6.45) is 0.528. The Morgan fingerprint density at radius 1 is 1.19 bits per heavy atom. The Balaban J connectivity index is 1.95. The summed E-state index contributed by atoms with van der Waals surface area (Å²) in [7, 11) is 0. The standard InChI is InChI=1S/C21H33N3O3/c1-6-24(7-2)18(25)16-11-9-15(10-12-16)14-23-19(26)21(22)13-17(27-8-3)20(21,4)5/h9-12,17H,6-8,13-14,22H2,1-5H3,(H,23,26). The summed E-state index contributed by atoms with van der Waals surface area (Å²) in [5, 5.41) is 2.94. The monoisotopic (exact) mass is 375 g/mol. The summed E-state index contributed by atoms with van der Waals surface area (Å²) in [5.41, 5.74) is 6.65. The summed E-state index contributed by atoms with van der Waals surface area (Å²) in [4.78, 5) is 26.8. The molecule has 6 heteroatoms. The van der Waals surface area contributed by atoms with Crippen LogP contribution in [0.4, 0.5) is 0 Å². The highest BCUT2D eigenvalue weighted by molar-refractivity contribution is 5.94. The van der Waals surface area contributed by atoms with Crippen LogP contribution in [0.1, 0.15) is 57.0 Å². The number of ether oxygens (including phenoxy) is 1. The number of carbonyl (C=O) groups excluding carboxylic acids is 2. The third kappa shape index (κ3) is 4.01. The molecular weight excluding hydrogens is 342 g/mol.